The van der Waals surface area contributed by atoms with E-state index in [-0.39, 0.29) is 22.8 Å². The van der Waals surface area contributed by atoms with Gasteiger partial charge in [-0.25, -0.2) is 0 Å². The monoisotopic (exact) mass is 353 g/mol. The molecule has 4 nitrogen and oxygen atoms in total. The van der Waals surface area contributed by atoms with Gasteiger partial charge in [-0.15, -0.1) is 0 Å². The Kier molecular flexibility index (Phi) is 5.66. The second-order valence-corrected chi connectivity index (χ2v) is 11.2. The lowest BCUT2D eigenvalue weighted by molar-refractivity contribution is -0.274. The average Bonchev–Trinajstić information content (AvgIpc) is 2.45. The maximum atomic E-state index is 13.7. The Morgan fingerprint density at radius 1 is 1.08 bits per heavy atom. The van der Waals surface area contributed by atoms with Gasteiger partial charge in [-0.05, 0) is 52.7 Å². The van der Waals surface area contributed by atoms with Crippen LogP contribution in [0, 0.1) is 0 Å². The van der Waals surface area contributed by atoms with Crippen molar-refractivity contribution in [2.75, 3.05) is 7.11 Å². The van der Waals surface area contributed by atoms with Gasteiger partial charge in [-0.1, -0.05) is 32.0 Å². The fourth-order valence-electron chi connectivity index (χ4n) is 4.08. The lowest BCUT2D eigenvalue weighted by Gasteiger charge is -2.53. The van der Waals surface area contributed by atoms with E-state index in [2.05, 4.69) is 27.7 Å². The predicted octanol–water partition coefficient (Wildman–Crippen LogP) is 4.60. The molecule has 1 fully saturated rings. The van der Waals surface area contributed by atoms with Crippen LogP contribution in [0.3, 0.4) is 0 Å². The van der Waals surface area contributed by atoms with Crippen LogP contribution in [-0.2, 0) is 13.9 Å². The van der Waals surface area contributed by atoms with Gasteiger partial charge in [0.2, 0.25) is 7.37 Å². The molecule has 0 N–H and O–H groups in total. The van der Waals surface area contributed by atoms with Crippen molar-refractivity contribution in [2.24, 2.45) is 0 Å². The van der Waals surface area contributed by atoms with Gasteiger partial charge in [0.15, 0.2) is 0 Å². The van der Waals surface area contributed by atoms with Crippen LogP contribution in [0.1, 0.15) is 54.4 Å². The number of nitrogens with zero attached hydrogens (tertiary/aromatic N) is 1. The summed E-state index contributed by atoms with van der Waals surface area (Å²) in [5.74, 6) is 0. The zero-order chi connectivity index (χ0) is 18.2. The van der Waals surface area contributed by atoms with Gasteiger partial charge < -0.3 is 9.36 Å². The van der Waals surface area contributed by atoms with E-state index in [1.54, 1.807) is 7.11 Å². The smallest absolute Gasteiger partial charge is 0.234 e. The van der Waals surface area contributed by atoms with Crippen molar-refractivity contribution in [3.63, 3.8) is 0 Å². The van der Waals surface area contributed by atoms with Crippen molar-refractivity contribution >= 4 is 12.7 Å². The van der Waals surface area contributed by atoms with Crippen molar-refractivity contribution in [3.8, 4) is 0 Å². The summed E-state index contributed by atoms with van der Waals surface area (Å²) in [5, 5.41) is 2.85. The number of hydroxylamine groups is 2. The van der Waals surface area contributed by atoms with Crippen LogP contribution in [0.15, 0.2) is 30.3 Å². The van der Waals surface area contributed by atoms with Crippen molar-refractivity contribution in [3.05, 3.63) is 30.3 Å². The maximum absolute atomic E-state index is 13.7. The minimum Gasteiger partial charge on any atom is -0.322 e. The van der Waals surface area contributed by atoms with Gasteiger partial charge in [0, 0.05) is 22.0 Å². The van der Waals surface area contributed by atoms with Crippen LogP contribution >= 0.6 is 7.37 Å². The molecular weight excluding hydrogens is 321 g/mol. The lowest BCUT2D eigenvalue weighted by atomic mass is 9.80. The van der Waals surface area contributed by atoms with Crippen molar-refractivity contribution in [1.29, 1.82) is 0 Å². The number of benzene rings is 1. The summed E-state index contributed by atoms with van der Waals surface area (Å²) in [7, 11) is -1.20. The van der Waals surface area contributed by atoms with E-state index in [0.29, 0.717) is 0 Å². The van der Waals surface area contributed by atoms with Crippen molar-refractivity contribution in [2.45, 2.75) is 77.2 Å². The van der Waals surface area contributed by atoms with E-state index in [1.807, 2.05) is 49.2 Å². The Morgan fingerprint density at radius 2 is 1.58 bits per heavy atom. The molecule has 1 atom stereocenters. The molecule has 1 heterocycles. The molecule has 0 radical (unpaired) electrons. The molecule has 1 unspecified atom stereocenters. The molecule has 2 rings (SSSR count). The van der Waals surface area contributed by atoms with Crippen molar-refractivity contribution < 1.29 is 13.9 Å². The summed E-state index contributed by atoms with van der Waals surface area (Å²) in [4.78, 5) is 5.64. The van der Waals surface area contributed by atoms with E-state index < -0.39 is 7.37 Å². The van der Waals surface area contributed by atoms with Gasteiger partial charge in [-0.3, -0.25) is 4.57 Å². The van der Waals surface area contributed by atoms with Crippen LogP contribution in [0.5, 0.6) is 0 Å². The molecule has 0 amide bonds. The number of piperidine rings is 1. The molecule has 0 aliphatic carbocycles. The Hall–Kier alpha value is -0.670. The molecule has 0 saturated carbocycles. The molecule has 136 valence electrons. The molecule has 1 aliphatic rings. The van der Waals surface area contributed by atoms with Gasteiger partial charge in [-0.2, -0.15) is 5.06 Å². The summed E-state index contributed by atoms with van der Waals surface area (Å²) in [6, 6.07) is 9.63. The van der Waals surface area contributed by atoms with Gasteiger partial charge in [0.05, 0.1) is 13.2 Å². The second kappa shape index (κ2) is 6.92. The number of hydrogen-bond donors (Lipinski definition) is 0. The Labute approximate surface area is 146 Å². The number of hydrogen-bond acceptors (Lipinski definition) is 4. The second-order valence-electron chi connectivity index (χ2n) is 8.26. The summed E-state index contributed by atoms with van der Waals surface area (Å²) in [5.41, 5.74) is -0.411. The molecule has 5 heteroatoms. The standard InChI is InChI=1S/C19H32NO3P/c1-15(2)24(21,17-11-9-8-10-12-17)23-16-13-18(3,4)20(22-7)19(5,6)14-16/h8-12,15-16H,13-14H2,1-7H3. The molecule has 1 saturated heterocycles. The van der Waals surface area contributed by atoms with Crippen molar-refractivity contribution in [1.82, 2.24) is 5.06 Å². The first-order chi connectivity index (χ1) is 11.0. The Balaban J connectivity index is 2.30. The van der Waals surface area contributed by atoms with E-state index in [9.17, 15) is 4.57 Å². The molecular formula is C19H32NO3P. The molecule has 24 heavy (non-hydrogen) atoms. The maximum Gasteiger partial charge on any atom is 0.234 e. The van der Waals surface area contributed by atoms with Crippen LogP contribution in [-0.4, -0.2) is 35.0 Å². The predicted molar refractivity (Wildman–Crippen MR) is 99.9 cm³/mol. The lowest BCUT2D eigenvalue weighted by Crippen LogP contribution is -2.61. The fraction of sp³-hybridized carbons (Fsp3) is 0.684. The third kappa shape index (κ3) is 3.77. The summed E-state index contributed by atoms with van der Waals surface area (Å²) >= 11 is 0. The normalized spacial score (nSPS) is 24.0. The van der Waals surface area contributed by atoms with Crippen LogP contribution < -0.4 is 5.30 Å². The third-order valence-corrected chi connectivity index (χ3v) is 7.83. The average molecular weight is 353 g/mol. The summed E-state index contributed by atoms with van der Waals surface area (Å²) < 4.78 is 20.1. The van der Waals surface area contributed by atoms with E-state index in [0.717, 1.165) is 18.1 Å². The zero-order valence-corrected chi connectivity index (χ0v) is 17.0. The SMILES string of the molecule is CON1C(C)(C)CC(OP(=O)(c2ccccc2)C(C)C)CC1(C)C. The first-order valence-corrected chi connectivity index (χ1v) is 10.4. The minimum absolute atomic E-state index is 0.0495. The largest absolute Gasteiger partial charge is 0.322 e. The van der Waals surface area contributed by atoms with Gasteiger partial charge >= 0.3 is 0 Å². The highest BCUT2D eigenvalue weighted by molar-refractivity contribution is 7.67. The van der Waals surface area contributed by atoms with E-state index in [4.69, 9.17) is 9.36 Å². The third-order valence-electron chi connectivity index (χ3n) is 4.84. The Morgan fingerprint density at radius 3 is 2.00 bits per heavy atom. The summed E-state index contributed by atoms with van der Waals surface area (Å²) in [6.07, 6.45) is 1.51. The quantitative estimate of drug-likeness (QED) is 0.725. The molecule has 1 aromatic carbocycles. The fourth-order valence-corrected chi connectivity index (χ4v) is 6.22. The molecule has 0 aromatic heterocycles. The van der Waals surface area contributed by atoms with Gasteiger partial charge in [0.25, 0.3) is 0 Å². The molecule has 0 spiro atoms. The van der Waals surface area contributed by atoms with Crippen LogP contribution in [0.25, 0.3) is 0 Å². The summed E-state index contributed by atoms with van der Waals surface area (Å²) in [6.45, 7) is 12.6. The highest BCUT2D eigenvalue weighted by Gasteiger charge is 2.48. The topological polar surface area (TPSA) is 38.8 Å². The highest BCUT2D eigenvalue weighted by Crippen LogP contribution is 2.54. The van der Waals surface area contributed by atoms with Crippen LogP contribution in [0.4, 0.5) is 0 Å². The molecule has 1 aromatic rings. The highest BCUT2D eigenvalue weighted by atomic mass is 31.2. The number of rotatable bonds is 5. The Bertz CT molecular complexity index is 580. The first kappa shape index (κ1) is 19.7. The van der Waals surface area contributed by atoms with E-state index >= 15 is 0 Å². The minimum atomic E-state index is -2.91. The van der Waals surface area contributed by atoms with Gasteiger partial charge in [0.1, 0.15) is 0 Å². The van der Waals surface area contributed by atoms with Crippen LogP contribution in [0.2, 0.25) is 0 Å². The van der Waals surface area contributed by atoms with E-state index in [1.165, 1.54) is 0 Å². The molecule has 0 bridgehead atoms. The molecule has 1 aliphatic heterocycles. The zero-order valence-electron chi connectivity index (χ0n) is 16.1. The first-order valence-electron chi connectivity index (χ1n) is 8.71.